The molecule has 0 aromatic heterocycles. The summed E-state index contributed by atoms with van der Waals surface area (Å²) in [4.78, 5) is 10.6. The van der Waals surface area contributed by atoms with Crippen molar-refractivity contribution in [1.29, 1.82) is 0 Å². The molecule has 0 heterocycles. The van der Waals surface area contributed by atoms with Gasteiger partial charge < -0.3 is 10.1 Å². The van der Waals surface area contributed by atoms with Gasteiger partial charge in [0.1, 0.15) is 5.75 Å². The van der Waals surface area contributed by atoms with Crippen LogP contribution in [0.4, 0.5) is 4.79 Å². The Balaban J connectivity index is 2.88. The van der Waals surface area contributed by atoms with Gasteiger partial charge in [0.15, 0.2) is 0 Å². The van der Waals surface area contributed by atoms with Gasteiger partial charge in [-0.3, -0.25) is 4.79 Å². The van der Waals surface area contributed by atoms with Crippen molar-refractivity contribution in [1.82, 2.24) is 5.32 Å². The van der Waals surface area contributed by atoms with E-state index < -0.39 is 0 Å². The zero-order valence-electron chi connectivity index (χ0n) is 9.13. The van der Waals surface area contributed by atoms with Crippen LogP contribution in [0.25, 0.3) is 0 Å². The lowest BCUT2D eigenvalue weighted by Gasteiger charge is -2.11. The molecule has 0 spiro atoms. The van der Waals surface area contributed by atoms with E-state index in [1.165, 1.54) is 0 Å². The van der Waals surface area contributed by atoms with Crippen LogP contribution in [-0.4, -0.2) is 12.3 Å². The van der Waals surface area contributed by atoms with Gasteiger partial charge in [0.2, 0.25) is 0 Å². The number of methoxy groups -OCH3 is 1. The van der Waals surface area contributed by atoms with Gasteiger partial charge in [-0.05, 0) is 30.5 Å². The van der Waals surface area contributed by atoms with Crippen LogP contribution in [0.5, 0.6) is 5.75 Å². The largest absolute Gasteiger partial charge is 0.496 e. The predicted octanol–water partition coefficient (Wildman–Crippen LogP) is 2.45. The summed E-state index contributed by atoms with van der Waals surface area (Å²) in [6.07, 6.45) is 0. The van der Waals surface area contributed by atoms with Crippen LogP contribution in [0.2, 0.25) is 0 Å². The van der Waals surface area contributed by atoms with Crippen LogP contribution in [0.1, 0.15) is 16.7 Å². The molecule has 1 N–H and O–H groups in total. The Labute approximate surface area is 95.2 Å². The van der Waals surface area contributed by atoms with Gasteiger partial charge in [-0.25, -0.2) is 0 Å². The fourth-order valence-corrected chi connectivity index (χ4v) is 1.72. The van der Waals surface area contributed by atoms with Crippen molar-refractivity contribution in [3.8, 4) is 5.75 Å². The number of aryl methyl sites for hydroxylation is 2. The molecule has 0 atom stereocenters. The third-order valence-electron chi connectivity index (χ3n) is 2.17. The highest BCUT2D eigenvalue weighted by Gasteiger charge is 2.05. The number of benzene rings is 1. The third kappa shape index (κ3) is 3.16. The number of ether oxygens (including phenoxy) is 1. The van der Waals surface area contributed by atoms with Crippen LogP contribution in [0, 0.1) is 13.8 Å². The van der Waals surface area contributed by atoms with Gasteiger partial charge in [-0.2, -0.15) is 0 Å². The molecular weight excluding hydrogens is 210 g/mol. The highest BCUT2D eigenvalue weighted by atomic mass is 32.1. The van der Waals surface area contributed by atoms with E-state index in [-0.39, 0.29) is 5.24 Å². The van der Waals surface area contributed by atoms with Crippen LogP contribution in [-0.2, 0) is 6.54 Å². The van der Waals surface area contributed by atoms with Gasteiger partial charge in [0.25, 0.3) is 5.24 Å². The number of hydrogen-bond acceptors (Lipinski definition) is 2. The summed E-state index contributed by atoms with van der Waals surface area (Å²) in [5.41, 5.74) is 3.19. The summed E-state index contributed by atoms with van der Waals surface area (Å²) in [6, 6.07) is 3.99. The van der Waals surface area contributed by atoms with Crippen molar-refractivity contribution in [2.75, 3.05) is 7.11 Å². The Kier molecular flexibility index (Phi) is 4.03. The standard InChI is InChI=1S/C11H15NO2S/c1-7-4-9(6-12-11(13)15)5-8(2)10(7)14-3/h4-5H,6H2,1-3H3,(H2,12,13,15). The van der Waals surface area contributed by atoms with E-state index in [4.69, 9.17) is 4.74 Å². The second-order valence-electron chi connectivity index (χ2n) is 3.42. The number of hydrogen-bond donors (Lipinski definition) is 2. The van der Waals surface area contributed by atoms with Crippen molar-refractivity contribution in [3.63, 3.8) is 0 Å². The lowest BCUT2D eigenvalue weighted by Crippen LogP contribution is -2.15. The van der Waals surface area contributed by atoms with E-state index in [1.807, 2.05) is 26.0 Å². The molecular formula is C11H15NO2S. The van der Waals surface area contributed by atoms with Gasteiger partial charge in [0, 0.05) is 6.54 Å². The van der Waals surface area contributed by atoms with Gasteiger partial charge in [-0.1, -0.05) is 24.8 Å². The monoisotopic (exact) mass is 225 g/mol. The Hall–Kier alpha value is -1.16. The summed E-state index contributed by atoms with van der Waals surface area (Å²) in [5.74, 6) is 0.899. The van der Waals surface area contributed by atoms with Gasteiger partial charge in [-0.15, -0.1) is 0 Å². The van der Waals surface area contributed by atoms with Crippen molar-refractivity contribution in [2.24, 2.45) is 0 Å². The molecule has 82 valence electrons. The first kappa shape index (κ1) is 11.9. The highest BCUT2D eigenvalue weighted by molar-refractivity contribution is 7.96. The molecule has 0 fully saturated rings. The molecule has 0 saturated carbocycles. The summed E-state index contributed by atoms with van der Waals surface area (Å²) in [7, 11) is 1.66. The molecule has 0 aliphatic rings. The summed E-state index contributed by atoms with van der Waals surface area (Å²) in [6.45, 7) is 4.46. The minimum atomic E-state index is -0.318. The molecule has 0 unspecified atom stereocenters. The van der Waals surface area contributed by atoms with Gasteiger partial charge >= 0.3 is 0 Å². The van der Waals surface area contributed by atoms with E-state index in [0.717, 1.165) is 22.4 Å². The molecule has 1 amide bonds. The lowest BCUT2D eigenvalue weighted by molar-refractivity contribution is 0.260. The first-order valence-corrected chi connectivity index (χ1v) is 5.10. The molecule has 15 heavy (non-hydrogen) atoms. The van der Waals surface area contributed by atoms with Crippen LogP contribution in [0.15, 0.2) is 12.1 Å². The number of rotatable bonds is 3. The predicted molar refractivity (Wildman–Crippen MR) is 63.7 cm³/mol. The molecule has 0 bridgehead atoms. The first-order valence-electron chi connectivity index (χ1n) is 4.65. The van der Waals surface area contributed by atoms with E-state index in [0.29, 0.717) is 6.54 Å². The van der Waals surface area contributed by atoms with Crippen molar-refractivity contribution < 1.29 is 9.53 Å². The van der Waals surface area contributed by atoms with Crippen LogP contribution < -0.4 is 10.1 Å². The van der Waals surface area contributed by atoms with Crippen molar-refractivity contribution in [2.45, 2.75) is 20.4 Å². The Morgan fingerprint density at radius 3 is 2.33 bits per heavy atom. The zero-order chi connectivity index (χ0) is 11.4. The fraction of sp³-hybridized carbons (Fsp3) is 0.364. The Morgan fingerprint density at radius 1 is 1.40 bits per heavy atom. The SMILES string of the molecule is COc1c(C)cc(CNC(=O)S)cc1C. The van der Waals surface area contributed by atoms with Crippen LogP contribution in [0.3, 0.4) is 0 Å². The van der Waals surface area contributed by atoms with Crippen molar-refractivity contribution >= 4 is 17.9 Å². The second-order valence-corrected chi connectivity index (χ2v) is 3.83. The maximum Gasteiger partial charge on any atom is 0.276 e. The third-order valence-corrected chi connectivity index (χ3v) is 2.33. The molecule has 1 rings (SSSR count). The summed E-state index contributed by atoms with van der Waals surface area (Å²) < 4.78 is 5.25. The minimum absolute atomic E-state index is 0.318. The lowest BCUT2D eigenvalue weighted by atomic mass is 10.1. The number of carbonyl (C=O) groups is 1. The Bertz CT molecular complexity index is 354. The van der Waals surface area contributed by atoms with E-state index >= 15 is 0 Å². The maximum absolute atomic E-state index is 10.6. The highest BCUT2D eigenvalue weighted by Crippen LogP contribution is 2.24. The topological polar surface area (TPSA) is 38.3 Å². The van der Waals surface area contributed by atoms with E-state index in [2.05, 4.69) is 17.9 Å². The first-order chi connectivity index (χ1) is 7.04. The number of thiol groups is 1. The number of nitrogens with one attached hydrogen (secondary N) is 1. The molecule has 1 aromatic carbocycles. The molecule has 3 nitrogen and oxygen atoms in total. The molecule has 4 heteroatoms. The quantitative estimate of drug-likeness (QED) is 0.775. The molecule has 0 aliphatic carbocycles. The Morgan fingerprint density at radius 2 is 1.93 bits per heavy atom. The zero-order valence-corrected chi connectivity index (χ0v) is 10.0. The molecule has 0 radical (unpaired) electrons. The molecule has 0 aliphatic heterocycles. The fourth-order valence-electron chi connectivity index (χ4n) is 1.64. The van der Waals surface area contributed by atoms with Crippen LogP contribution >= 0.6 is 12.6 Å². The van der Waals surface area contributed by atoms with Crippen molar-refractivity contribution in [3.05, 3.63) is 28.8 Å². The van der Waals surface area contributed by atoms with Gasteiger partial charge in [0.05, 0.1) is 7.11 Å². The second kappa shape index (κ2) is 5.07. The minimum Gasteiger partial charge on any atom is -0.496 e. The molecule has 0 saturated heterocycles. The smallest absolute Gasteiger partial charge is 0.276 e. The summed E-state index contributed by atoms with van der Waals surface area (Å²) >= 11 is 3.64. The molecule has 1 aromatic rings. The number of amides is 1. The maximum atomic E-state index is 10.6. The average Bonchev–Trinajstić information content (AvgIpc) is 2.14. The van der Waals surface area contributed by atoms with E-state index in [1.54, 1.807) is 7.11 Å². The normalized spacial score (nSPS) is 9.87. The summed E-state index contributed by atoms with van der Waals surface area (Å²) in [5, 5.41) is 2.32. The average molecular weight is 225 g/mol. The van der Waals surface area contributed by atoms with E-state index in [9.17, 15) is 4.79 Å². The number of carbonyl (C=O) groups excluding carboxylic acids is 1.